The molecule has 30 heavy (non-hydrogen) atoms. The zero-order valence-corrected chi connectivity index (χ0v) is 16.5. The second kappa shape index (κ2) is 9.52. The van der Waals surface area contributed by atoms with Crippen LogP contribution in [-0.2, 0) is 19.6 Å². The highest BCUT2D eigenvalue weighted by molar-refractivity contribution is 5.58. The summed E-state index contributed by atoms with van der Waals surface area (Å²) in [6.45, 7) is 1.50. The van der Waals surface area contributed by atoms with E-state index in [1.807, 2.05) is 91.0 Å². The van der Waals surface area contributed by atoms with Crippen molar-refractivity contribution < 1.29 is 0 Å². The average molecular weight is 397 g/mol. The second-order valence-corrected chi connectivity index (χ2v) is 6.91. The Bertz CT molecular complexity index is 1130. The van der Waals surface area contributed by atoms with Crippen molar-refractivity contribution >= 4 is 11.6 Å². The van der Waals surface area contributed by atoms with Crippen molar-refractivity contribution in [2.75, 3.05) is 10.6 Å². The molecule has 0 atom stereocenters. The molecule has 0 aliphatic rings. The fraction of sp³-hybridized carbons (Fsp3) is 0.125. The molecule has 0 fully saturated rings. The summed E-state index contributed by atoms with van der Waals surface area (Å²) in [5.41, 5.74) is 2.82. The quantitative estimate of drug-likeness (QED) is 0.472. The van der Waals surface area contributed by atoms with Gasteiger partial charge in [0.25, 0.3) is 0 Å². The topological polar surface area (TPSA) is 71.8 Å². The molecule has 0 saturated carbocycles. The number of nitrogens with zero attached hydrogens (tertiary/aromatic N) is 3. The lowest BCUT2D eigenvalue weighted by molar-refractivity contribution is 0.617. The maximum Gasteiger partial charge on any atom is 0.366 e. The number of rotatable bonds is 8. The minimum Gasteiger partial charge on any atom is -0.363 e. The van der Waals surface area contributed by atoms with E-state index >= 15 is 0 Å². The maximum absolute atomic E-state index is 12.6. The monoisotopic (exact) mass is 397 g/mol. The first-order chi connectivity index (χ1) is 14.8. The number of benzene rings is 3. The highest BCUT2D eigenvalue weighted by Gasteiger charge is 2.11. The normalized spacial score (nSPS) is 10.5. The molecule has 4 rings (SSSR count). The van der Waals surface area contributed by atoms with Crippen LogP contribution in [0, 0.1) is 0 Å². The molecule has 150 valence electrons. The molecule has 0 amide bonds. The molecule has 0 bridgehead atoms. The Labute approximate surface area is 175 Å². The Kier molecular flexibility index (Phi) is 6.15. The van der Waals surface area contributed by atoms with Gasteiger partial charge in [-0.25, -0.2) is 9.48 Å². The molecule has 0 radical (unpaired) electrons. The van der Waals surface area contributed by atoms with E-state index in [2.05, 4.69) is 20.7 Å². The van der Waals surface area contributed by atoms with Crippen molar-refractivity contribution in [2.24, 2.45) is 0 Å². The Morgan fingerprint density at radius 3 is 1.63 bits per heavy atom. The van der Waals surface area contributed by atoms with Crippen molar-refractivity contribution in [1.29, 1.82) is 0 Å². The molecule has 0 unspecified atom stereocenters. The van der Waals surface area contributed by atoms with Crippen molar-refractivity contribution in [1.82, 2.24) is 14.8 Å². The maximum atomic E-state index is 12.6. The van der Waals surface area contributed by atoms with Crippen molar-refractivity contribution in [3.63, 3.8) is 0 Å². The first-order valence-corrected chi connectivity index (χ1v) is 9.86. The van der Waals surface area contributed by atoms with Gasteiger partial charge in [0, 0.05) is 13.1 Å². The lowest BCUT2D eigenvalue weighted by Gasteiger charge is -2.14. The van der Waals surface area contributed by atoms with E-state index in [-0.39, 0.29) is 5.69 Å². The minimum absolute atomic E-state index is 0.367. The highest BCUT2D eigenvalue weighted by Crippen LogP contribution is 2.16. The van der Waals surface area contributed by atoms with Crippen LogP contribution in [0.1, 0.15) is 16.7 Å². The third kappa shape index (κ3) is 5.11. The molecule has 6 nitrogen and oxygen atoms in total. The molecule has 0 aliphatic heterocycles. The summed E-state index contributed by atoms with van der Waals surface area (Å²) >= 11 is 0. The van der Waals surface area contributed by atoms with Crippen LogP contribution < -0.4 is 16.3 Å². The van der Waals surface area contributed by atoms with Gasteiger partial charge in [0.1, 0.15) is 0 Å². The molecule has 0 spiro atoms. The Morgan fingerprint density at radius 1 is 0.633 bits per heavy atom. The fourth-order valence-corrected chi connectivity index (χ4v) is 3.08. The lowest BCUT2D eigenvalue weighted by Crippen LogP contribution is -2.28. The van der Waals surface area contributed by atoms with E-state index in [9.17, 15) is 4.79 Å². The zero-order valence-electron chi connectivity index (χ0n) is 16.5. The molecule has 4 aromatic rings. The number of aromatic nitrogens is 3. The van der Waals surface area contributed by atoms with Gasteiger partial charge in [-0.3, -0.25) is 0 Å². The van der Waals surface area contributed by atoms with E-state index in [1.54, 1.807) is 0 Å². The van der Waals surface area contributed by atoms with E-state index in [1.165, 1.54) is 4.68 Å². The second-order valence-electron chi connectivity index (χ2n) is 6.91. The van der Waals surface area contributed by atoms with Crippen LogP contribution in [0.25, 0.3) is 0 Å². The van der Waals surface area contributed by atoms with Crippen LogP contribution in [0.2, 0.25) is 0 Å². The molecule has 1 aromatic heterocycles. The van der Waals surface area contributed by atoms with Crippen LogP contribution in [0.4, 0.5) is 11.6 Å². The van der Waals surface area contributed by atoms with E-state index < -0.39 is 0 Å². The van der Waals surface area contributed by atoms with E-state index in [0.717, 1.165) is 16.7 Å². The highest BCUT2D eigenvalue weighted by atomic mass is 16.1. The standard InChI is InChI=1S/C24H23N5O/c30-24-27-22(25-16-19-10-4-1-5-11-19)23(26-17-20-12-6-2-7-13-20)28-29(24)18-21-14-8-3-9-15-21/h1-15H,16-18H2,(H,26,28)(H,25,27,30). The van der Waals surface area contributed by atoms with Crippen LogP contribution >= 0.6 is 0 Å². The Balaban J connectivity index is 1.59. The number of anilines is 2. The number of nitrogens with one attached hydrogen (secondary N) is 2. The van der Waals surface area contributed by atoms with Crippen LogP contribution in [0.15, 0.2) is 95.8 Å². The minimum atomic E-state index is -0.389. The molecule has 0 saturated heterocycles. The SMILES string of the molecule is O=c1nc(NCc2ccccc2)c(NCc2ccccc2)nn1Cc1ccccc1. The van der Waals surface area contributed by atoms with Crippen molar-refractivity contribution in [3.8, 4) is 0 Å². The third-order valence-corrected chi connectivity index (χ3v) is 4.65. The Morgan fingerprint density at radius 2 is 1.10 bits per heavy atom. The summed E-state index contributed by atoms with van der Waals surface area (Å²) in [7, 11) is 0. The number of hydrogen-bond donors (Lipinski definition) is 2. The smallest absolute Gasteiger partial charge is 0.363 e. The molecule has 0 aliphatic carbocycles. The summed E-state index contributed by atoms with van der Waals surface area (Å²) in [6, 6.07) is 29.8. The first kappa shape index (κ1) is 19.4. The molecule has 1 heterocycles. The fourth-order valence-electron chi connectivity index (χ4n) is 3.08. The molecular formula is C24H23N5O. The van der Waals surface area contributed by atoms with Gasteiger partial charge < -0.3 is 10.6 Å². The van der Waals surface area contributed by atoms with Gasteiger partial charge in [-0.2, -0.15) is 4.98 Å². The summed E-state index contributed by atoms with van der Waals surface area (Å²) in [4.78, 5) is 16.9. The van der Waals surface area contributed by atoms with E-state index in [4.69, 9.17) is 0 Å². The summed E-state index contributed by atoms with van der Waals surface area (Å²) in [5, 5.41) is 11.1. The number of hydrogen-bond acceptors (Lipinski definition) is 5. The molecule has 6 heteroatoms. The van der Waals surface area contributed by atoms with Gasteiger partial charge in [-0.1, -0.05) is 91.0 Å². The van der Waals surface area contributed by atoms with E-state index in [0.29, 0.717) is 31.3 Å². The summed E-state index contributed by atoms with van der Waals surface area (Å²) in [6.07, 6.45) is 0. The predicted molar refractivity (Wildman–Crippen MR) is 119 cm³/mol. The zero-order chi connectivity index (χ0) is 20.6. The van der Waals surface area contributed by atoms with Crippen molar-refractivity contribution in [3.05, 3.63) is 118 Å². The first-order valence-electron chi connectivity index (χ1n) is 9.86. The van der Waals surface area contributed by atoms with Gasteiger partial charge in [0.15, 0.2) is 11.6 Å². The molecular weight excluding hydrogens is 374 g/mol. The van der Waals surface area contributed by atoms with Crippen LogP contribution in [0.3, 0.4) is 0 Å². The van der Waals surface area contributed by atoms with Gasteiger partial charge in [-0.15, -0.1) is 5.10 Å². The summed E-state index contributed by atoms with van der Waals surface area (Å²) < 4.78 is 1.39. The molecule has 3 aromatic carbocycles. The van der Waals surface area contributed by atoms with Crippen LogP contribution in [0.5, 0.6) is 0 Å². The third-order valence-electron chi connectivity index (χ3n) is 4.65. The average Bonchev–Trinajstić information content (AvgIpc) is 2.80. The van der Waals surface area contributed by atoms with Gasteiger partial charge in [-0.05, 0) is 16.7 Å². The van der Waals surface area contributed by atoms with Gasteiger partial charge >= 0.3 is 5.69 Å². The summed E-state index contributed by atoms with van der Waals surface area (Å²) in [5.74, 6) is 0.995. The largest absolute Gasteiger partial charge is 0.366 e. The van der Waals surface area contributed by atoms with Gasteiger partial charge in [0.05, 0.1) is 6.54 Å². The van der Waals surface area contributed by atoms with Crippen molar-refractivity contribution in [2.45, 2.75) is 19.6 Å². The molecule has 2 N–H and O–H groups in total. The van der Waals surface area contributed by atoms with Crippen LogP contribution in [-0.4, -0.2) is 14.8 Å². The van der Waals surface area contributed by atoms with Gasteiger partial charge in [0.2, 0.25) is 0 Å². The predicted octanol–water partition coefficient (Wildman–Crippen LogP) is 3.91. The lowest BCUT2D eigenvalue weighted by atomic mass is 10.2. The Hall–Kier alpha value is -3.93.